The van der Waals surface area contributed by atoms with Crippen LogP contribution in [-0.2, 0) is 4.79 Å². The number of nitrogens with zero attached hydrogens (tertiary/aromatic N) is 2. The summed E-state index contributed by atoms with van der Waals surface area (Å²) in [7, 11) is 2.15. The molecule has 2 heterocycles. The number of nitrogens with one attached hydrogen (secondary N) is 1. The van der Waals surface area contributed by atoms with Crippen molar-refractivity contribution in [2.75, 3.05) is 20.1 Å². The predicted molar refractivity (Wildman–Crippen MR) is 73.3 cm³/mol. The van der Waals surface area contributed by atoms with Gasteiger partial charge in [0.2, 0.25) is 5.91 Å². The first kappa shape index (κ1) is 13.8. The second kappa shape index (κ2) is 6.02. The van der Waals surface area contributed by atoms with Gasteiger partial charge in [0.25, 0.3) is 0 Å². The first-order valence-electron chi connectivity index (χ1n) is 7.40. The molecular formula is C14H27N3O. The largest absolute Gasteiger partial charge is 0.322 e. The Morgan fingerprint density at radius 1 is 1.44 bits per heavy atom. The Balaban J connectivity index is 1.97. The number of piperidine rings is 1. The molecule has 0 aromatic heterocycles. The van der Waals surface area contributed by atoms with E-state index >= 15 is 0 Å². The fourth-order valence-electron chi connectivity index (χ4n) is 3.29. The van der Waals surface area contributed by atoms with E-state index in [2.05, 4.69) is 36.0 Å². The van der Waals surface area contributed by atoms with Crippen molar-refractivity contribution in [1.82, 2.24) is 15.1 Å². The van der Waals surface area contributed by atoms with Crippen molar-refractivity contribution in [1.29, 1.82) is 0 Å². The van der Waals surface area contributed by atoms with Gasteiger partial charge in [0.1, 0.15) is 0 Å². The molecule has 0 aliphatic carbocycles. The van der Waals surface area contributed by atoms with E-state index in [1.807, 2.05) is 0 Å². The van der Waals surface area contributed by atoms with Gasteiger partial charge in [-0.3, -0.25) is 10.1 Å². The van der Waals surface area contributed by atoms with Gasteiger partial charge in [0.05, 0.1) is 12.2 Å². The van der Waals surface area contributed by atoms with E-state index in [4.69, 9.17) is 0 Å². The standard InChI is InChI=1S/C14H27N3O/c1-4-5-8-13-14(18)17(11(2)15-13)12-7-6-9-16(3)10-12/h11-13,15H,4-10H2,1-3H3. The lowest BCUT2D eigenvalue weighted by Gasteiger charge is -2.37. The first-order valence-corrected chi connectivity index (χ1v) is 7.40. The molecule has 0 radical (unpaired) electrons. The van der Waals surface area contributed by atoms with Gasteiger partial charge in [-0.25, -0.2) is 0 Å². The number of hydrogen-bond acceptors (Lipinski definition) is 3. The lowest BCUT2D eigenvalue weighted by atomic mass is 10.0. The van der Waals surface area contributed by atoms with E-state index in [0.717, 1.165) is 32.2 Å². The van der Waals surface area contributed by atoms with E-state index in [-0.39, 0.29) is 12.2 Å². The molecule has 1 N–H and O–H groups in total. The van der Waals surface area contributed by atoms with Gasteiger partial charge in [0, 0.05) is 12.6 Å². The number of unbranched alkanes of at least 4 members (excludes halogenated alkanes) is 1. The van der Waals surface area contributed by atoms with Crippen LogP contribution in [0.15, 0.2) is 0 Å². The SMILES string of the molecule is CCCCC1NC(C)N(C2CCCN(C)C2)C1=O. The normalized spacial score (nSPS) is 34.3. The van der Waals surface area contributed by atoms with Crippen LogP contribution in [0.2, 0.25) is 0 Å². The summed E-state index contributed by atoms with van der Waals surface area (Å²) in [5, 5.41) is 3.46. The summed E-state index contributed by atoms with van der Waals surface area (Å²) in [6.45, 7) is 6.49. The zero-order valence-electron chi connectivity index (χ0n) is 12.0. The Hall–Kier alpha value is -0.610. The Morgan fingerprint density at radius 2 is 2.22 bits per heavy atom. The molecule has 18 heavy (non-hydrogen) atoms. The number of rotatable bonds is 4. The summed E-state index contributed by atoms with van der Waals surface area (Å²) < 4.78 is 0. The minimum absolute atomic E-state index is 0.0622. The highest BCUT2D eigenvalue weighted by Crippen LogP contribution is 2.23. The van der Waals surface area contributed by atoms with E-state index in [1.54, 1.807) is 0 Å². The summed E-state index contributed by atoms with van der Waals surface area (Å²) in [4.78, 5) is 16.9. The predicted octanol–water partition coefficient (Wildman–Crippen LogP) is 1.42. The molecule has 0 aromatic carbocycles. The van der Waals surface area contributed by atoms with Crippen LogP contribution in [0.1, 0.15) is 46.0 Å². The minimum Gasteiger partial charge on any atom is -0.322 e. The molecule has 4 nitrogen and oxygen atoms in total. The smallest absolute Gasteiger partial charge is 0.241 e. The summed E-state index contributed by atoms with van der Waals surface area (Å²) in [5.74, 6) is 0.330. The van der Waals surface area contributed by atoms with Gasteiger partial charge in [-0.05, 0) is 39.8 Å². The highest BCUT2D eigenvalue weighted by molar-refractivity contribution is 5.84. The Labute approximate surface area is 111 Å². The van der Waals surface area contributed by atoms with Crippen molar-refractivity contribution in [2.45, 2.75) is 64.2 Å². The molecule has 0 bridgehead atoms. The lowest BCUT2D eigenvalue weighted by Crippen LogP contribution is -2.50. The summed E-state index contributed by atoms with van der Waals surface area (Å²) in [6, 6.07) is 0.470. The van der Waals surface area contributed by atoms with Crippen molar-refractivity contribution in [3.05, 3.63) is 0 Å². The average molecular weight is 253 g/mol. The van der Waals surface area contributed by atoms with Crippen molar-refractivity contribution < 1.29 is 4.79 Å². The lowest BCUT2D eigenvalue weighted by molar-refractivity contribution is -0.133. The number of carbonyl (C=O) groups excluding carboxylic acids is 1. The molecule has 0 spiro atoms. The quantitative estimate of drug-likeness (QED) is 0.823. The Kier molecular flexibility index (Phi) is 4.62. The summed E-state index contributed by atoms with van der Waals surface area (Å²) in [5.41, 5.74) is 0. The van der Waals surface area contributed by atoms with E-state index in [0.29, 0.717) is 11.9 Å². The molecule has 4 heteroatoms. The van der Waals surface area contributed by atoms with Crippen molar-refractivity contribution in [3.63, 3.8) is 0 Å². The van der Waals surface area contributed by atoms with Crippen molar-refractivity contribution in [2.24, 2.45) is 0 Å². The molecule has 3 atom stereocenters. The fourth-order valence-corrected chi connectivity index (χ4v) is 3.29. The topological polar surface area (TPSA) is 35.6 Å². The molecule has 2 aliphatic heterocycles. The zero-order valence-corrected chi connectivity index (χ0v) is 12.0. The van der Waals surface area contributed by atoms with Gasteiger partial charge < -0.3 is 9.80 Å². The van der Waals surface area contributed by atoms with Crippen LogP contribution >= 0.6 is 0 Å². The van der Waals surface area contributed by atoms with Crippen molar-refractivity contribution in [3.8, 4) is 0 Å². The monoisotopic (exact) mass is 253 g/mol. The van der Waals surface area contributed by atoms with Crippen LogP contribution in [0, 0.1) is 0 Å². The third-order valence-electron chi connectivity index (χ3n) is 4.25. The summed E-state index contributed by atoms with van der Waals surface area (Å²) in [6.07, 6.45) is 5.84. The number of amides is 1. The molecule has 0 saturated carbocycles. The molecule has 2 fully saturated rings. The van der Waals surface area contributed by atoms with Gasteiger partial charge in [-0.2, -0.15) is 0 Å². The third-order valence-corrected chi connectivity index (χ3v) is 4.25. The maximum Gasteiger partial charge on any atom is 0.241 e. The second-order valence-corrected chi connectivity index (χ2v) is 5.84. The maximum atomic E-state index is 12.5. The number of hydrogen-bond donors (Lipinski definition) is 1. The highest BCUT2D eigenvalue weighted by atomic mass is 16.2. The number of likely N-dealkylation sites (N-methyl/N-ethyl adjacent to an activating group) is 1. The highest BCUT2D eigenvalue weighted by Gasteiger charge is 2.40. The van der Waals surface area contributed by atoms with Gasteiger partial charge in [0.15, 0.2) is 0 Å². The molecule has 104 valence electrons. The van der Waals surface area contributed by atoms with Gasteiger partial charge >= 0.3 is 0 Å². The second-order valence-electron chi connectivity index (χ2n) is 5.84. The van der Waals surface area contributed by atoms with Crippen LogP contribution in [0.25, 0.3) is 0 Å². The third kappa shape index (κ3) is 2.86. The molecule has 3 unspecified atom stereocenters. The Morgan fingerprint density at radius 3 is 2.89 bits per heavy atom. The molecule has 0 aromatic rings. The number of likely N-dealkylation sites (tertiary alicyclic amines) is 1. The van der Waals surface area contributed by atoms with Crippen LogP contribution in [0.3, 0.4) is 0 Å². The van der Waals surface area contributed by atoms with Crippen molar-refractivity contribution >= 4 is 5.91 Å². The van der Waals surface area contributed by atoms with Crippen LogP contribution < -0.4 is 5.32 Å². The van der Waals surface area contributed by atoms with Crippen LogP contribution in [0.4, 0.5) is 0 Å². The van der Waals surface area contributed by atoms with E-state index < -0.39 is 0 Å². The molecule has 2 rings (SSSR count). The zero-order chi connectivity index (χ0) is 13.1. The first-order chi connectivity index (χ1) is 8.63. The molecule has 1 amide bonds. The average Bonchev–Trinajstić information content (AvgIpc) is 2.62. The molecule has 2 aliphatic rings. The number of carbonyl (C=O) groups is 1. The van der Waals surface area contributed by atoms with Gasteiger partial charge in [-0.1, -0.05) is 19.8 Å². The minimum atomic E-state index is 0.0622. The molecular weight excluding hydrogens is 226 g/mol. The maximum absolute atomic E-state index is 12.5. The summed E-state index contributed by atoms with van der Waals surface area (Å²) >= 11 is 0. The Bertz CT molecular complexity index is 295. The van der Waals surface area contributed by atoms with Gasteiger partial charge in [-0.15, -0.1) is 0 Å². The van der Waals surface area contributed by atoms with E-state index in [9.17, 15) is 4.79 Å². The van der Waals surface area contributed by atoms with E-state index in [1.165, 1.54) is 13.0 Å². The van der Waals surface area contributed by atoms with Crippen LogP contribution in [-0.4, -0.2) is 54.1 Å². The van der Waals surface area contributed by atoms with Crippen LogP contribution in [0.5, 0.6) is 0 Å². The fraction of sp³-hybridized carbons (Fsp3) is 0.929. The molecule has 2 saturated heterocycles.